The maximum absolute atomic E-state index is 11.2. The third kappa shape index (κ3) is 2.20. The number of carbonyl (C=O) groups is 2. The first-order valence-corrected chi connectivity index (χ1v) is 4.69. The molecular weight excluding hydrogens is 199 g/mol. The lowest BCUT2D eigenvalue weighted by Gasteiger charge is -2.24. The monoisotopic (exact) mass is 210 g/mol. The number of hydrogen-bond acceptors (Lipinski definition) is 2. The van der Waals surface area contributed by atoms with E-state index in [9.17, 15) is 9.59 Å². The van der Waals surface area contributed by atoms with Gasteiger partial charge in [-0.2, -0.15) is 0 Å². The fraction of sp³-hybridized carbons (Fsp3) is 0.750. The zero-order valence-electron chi connectivity index (χ0n) is 7.19. The number of carbonyl (C=O) groups excluding carboxylic acids is 2. The van der Waals surface area contributed by atoms with Gasteiger partial charge in [0.1, 0.15) is 11.2 Å². The van der Waals surface area contributed by atoms with E-state index in [2.05, 4.69) is 0 Å². The van der Waals surface area contributed by atoms with Crippen LogP contribution in [-0.2, 0) is 9.59 Å². The average Bonchev–Trinajstić information content (AvgIpc) is 1.98. The maximum atomic E-state index is 11.2. The molecule has 12 heavy (non-hydrogen) atoms. The fourth-order valence-corrected chi connectivity index (χ4v) is 1.82. The van der Waals surface area contributed by atoms with Gasteiger partial charge in [0.15, 0.2) is 0 Å². The molecule has 0 radical (unpaired) electrons. The molecule has 0 N–H and O–H groups in total. The molecule has 0 bridgehead atoms. The molecule has 0 fully saturated rings. The quantitative estimate of drug-likeness (QED) is 0.397. The molecule has 4 heteroatoms. The first kappa shape index (κ1) is 11.9. The van der Waals surface area contributed by atoms with Crippen LogP contribution >= 0.6 is 23.2 Å². The van der Waals surface area contributed by atoms with E-state index in [1.807, 2.05) is 0 Å². The van der Waals surface area contributed by atoms with E-state index in [1.165, 1.54) is 6.92 Å². The summed E-state index contributed by atoms with van der Waals surface area (Å²) in [6.07, 6.45) is 0.736. The molecule has 0 aliphatic carbocycles. The highest BCUT2D eigenvalue weighted by molar-refractivity contribution is 6.66. The van der Waals surface area contributed by atoms with Crippen LogP contribution in [0.2, 0.25) is 0 Å². The lowest BCUT2D eigenvalue weighted by Crippen LogP contribution is -2.35. The van der Waals surface area contributed by atoms with E-state index < -0.39 is 10.7 Å². The number of alkyl halides is 1. The van der Waals surface area contributed by atoms with E-state index in [0.717, 1.165) is 0 Å². The highest BCUT2D eigenvalue weighted by Gasteiger charge is 2.39. The van der Waals surface area contributed by atoms with Crippen LogP contribution in [0.25, 0.3) is 0 Å². The second kappa shape index (κ2) is 4.83. The Hall–Kier alpha value is -0.0800. The largest absolute Gasteiger partial charge is 0.299 e. The summed E-state index contributed by atoms with van der Waals surface area (Å²) in [6.45, 7) is 3.13. The third-order valence-electron chi connectivity index (χ3n) is 2.17. The minimum atomic E-state index is -1.05. The van der Waals surface area contributed by atoms with Crippen molar-refractivity contribution in [1.82, 2.24) is 0 Å². The van der Waals surface area contributed by atoms with Crippen molar-refractivity contribution in [1.29, 1.82) is 0 Å². The van der Waals surface area contributed by atoms with Crippen molar-refractivity contribution in [2.24, 2.45) is 5.41 Å². The van der Waals surface area contributed by atoms with Crippen molar-refractivity contribution in [2.45, 2.75) is 26.7 Å². The molecular formula is C8H12Cl2O2. The smallest absolute Gasteiger partial charge is 0.235 e. The van der Waals surface area contributed by atoms with Crippen molar-refractivity contribution in [3.8, 4) is 0 Å². The standard InChI is InChI=1S/C8H12Cl2O2/c1-3-8(4-5-9,6(2)11)7(10)12/h3-5H2,1-2H3. The first-order chi connectivity index (χ1) is 5.51. The number of rotatable bonds is 5. The van der Waals surface area contributed by atoms with Crippen LogP contribution in [0.1, 0.15) is 26.7 Å². The van der Waals surface area contributed by atoms with Crippen LogP contribution in [0.5, 0.6) is 0 Å². The van der Waals surface area contributed by atoms with Crippen molar-refractivity contribution >= 4 is 34.2 Å². The first-order valence-electron chi connectivity index (χ1n) is 3.78. The summed E-state index contributed by atoms with van der Waals surface area (Å²) in [5, 5.41) is -0.599. The number of hydrogen-bond donors (Lipinski definition) is 0. The Kier molecular flexibility index (Phi) is 4.80. The molecule has 0 aliphatic heterocycles. The Labute approximate surface area is 82.2 Å². The lowest BCUT2D eigenvalue weighted by atomic mass is 9.80. The molecule has 70 valence electrons. The number of halogens is 2. The lowest BCUT2D eigenvalue weighted by molar-refractivity contribution is -0.135. The van der Waals surface area contributed by atoms with Gasteiger partial charge >= 0.3 is 0 Å². The van der Waals surface area contributed by atoms with Gasteiger partial charge in [-0.05, 0) is 31.4 Å². The van der Waals surface area contributed by atoms with Gasteiger partial charge < -0.3 is 0 Å². The normalized spacial score (nSPS) is 15.3. The summed E-state index contributed by atoms with van der Waals surface area (Å²) in [7, 11) is 0. The third-order valence-corrected chi connectivity index (χ3v) is 2.73. The van der Waals surface area contributed by atoms with Crippen molar-refractivity contribution < 1.29 is 9.59 Å². The molecule has 0 aromatic heterocycles. The number of Topliss-reactive ketones (excluding diaryl/α,β-unsaturated/α-hetero) is 1. The minimum absolute atomic E-state index is 0.203. The Morgan fingerprint density at radius 3 is 2.00 bits per heavy atom. The molecule has 0 saturated heterocycles. The minimum Gasteiger partial charge on any atom is -0.299 e. The number of ketones is 1. The molecule has 0 amide bonds. The van der Waals surface area contributed by atoms with E-state index in [1.54, 1.807) is 6.92 Å². The van der Waals surface area contributed by atoms with E-state index in [-0.39, 0.29) is 11.7 Å². The highest BCUT2D eigenvalue weighted by atomic mass is 35.5. The Bertz CT molecular complexity index is 175. The molecule has 0 aliphatic rings. The second-order valence-corrected chi connectivity index (χ2v) is 3.43. The summed E-state index contributed by atoms with van der Waals surface area (Å²) >= 11 is 10.8. The van der Waals surface area contributed by atoms with Gasteiger partial charge in [-0.25, -0.2) is 0 Å². The van der Waals surface area contributed by atoms with Crippen LogP contribution in [0, 0.1) is 5.41 Å². The summed E-state index contributed by atoms with van der Waals surface area (Å²) in [6, 6.07) is 0. The molecule has 1 atom stereocenters. The van der Waals surface area contributed by atoms with Crippen LogP contribution in [0.4, 0.5) is 0 Å². The fourth-order valence-electron chi connectivity index (χ4n) is 1.14. The van der Waals surface area contributed by atoms with E-state index >= 15 is 0 Å². The second-order valence-electron chi connectivity index (χ2n) is 2.70. The van der Waals surface area contributed by atoms with Gasteiger partial charge in [0.2, 0.25) is 5.24 Å². The Morgan fingerprint density at radius 1 is 1.42 bits per heavy atom. The van der Waals surface area contributed by atoms with Crippen molar-refractivity contribution in [3.63, 3.8) is 0 Å². The summed E-state index contributed by atoms with van der Waals surface area (Å²) in [4.78, 5) is 22.2. The van der Waals surface area contributed by atoms with Gasteiger partial charge in [-0.3, -0.25) is 9.59 Å². The predicted molar refractivity (Wildman–Crippen MR) is 49.6 cm³/mol. The highest BCUT2D eigenvalue weighted by Crippen LogP contribution is 2.31. The van der Waals surface area contributed by atoms with Crippen LogP contribution in [0.3, 0.4) is 0 Å². The molecule has 0 spiro atoms. The van der Waals surface area contributed by atoms with Gasteiger partial charge in [0.05, 0.1) is 0 Å². The van der Waals surface area contributed by atoms with Crippen LogP contribution in [-0.4, -0.2) is 16.9 Å². The topological polar surface area (TPSA) is 34.1 Å². The van der Waals surface area contributed by atoms with E-state index in [4.69, 9.17) is 23.2 Å². The zero-order valence-corrected chi connectivity index (χ0v) is 8.71. The molecule has 0 rings (SSSR count). The van der Waals surface area contributed by atoms with E-state index in [0.29, 0.717) is 12.8 Å². The Balaban J connectivity index is 4.76. The molecule has 0 aromatic carbocycles. The maximum Gasteiger partial charge on any atom is 0.235 e. The summed E-state index contributed by atoms with van der Waals surface area (Å²) < 4.78 is 0. The van der Waals surface area contributed by atoms with Crippen molar-refractivity contribution in [3.05, 3.63) is 0 Å². The summed E-state index contributed by atoms with van der Waals surface area (Å²) in [5.41, 5.74) is -1.05. The molecule has 1 unspecified atom stereocenters. The van der Waals surface area contributed by atoms with Gasteiger partial charge in [0.25, 0.3) is 0 Å². The van der Waals surface area contributed by atoms with Crippen LogP contribution in [0.15, 0.2) is 0 Å². The SMILES string of the molecule is CCC(CCCl)(C(C)=O)C(=O)Cl. The van der Waals surface area contributed by atoms with Crippen LogP contribution < -0.4 is 0 Å². The zero-order chi connectivity index (χ0) is 9.78. The molecule has 0 saturated carbocycles. The van der Waals surface area contributed by atoms with Crippen molar-refractivity contribution in [2.75, 3.05) is 5.88 Å². The van der Waals surface area contributed by atoms with Gasteiger partial charge in [-0.15, -0.1) is 11.6 Å². The van der Waals surface area contributed by atoms with Gasteiger partial charge in [0, 0.05) is 5.88 Å². The Morgan fingerprint density at radius 2 is 1.92 bits per heavy atom. The molecule has 0 heterocycles. The predicted octanol–water partition coefficient (Wildman–Crippen LogP) is 2.37. The molecule has 0 aromatic rings. The van der Waals surface area contributed by atoms with Gasteiger partial charge in [-0.1, -0.05) is 6.92 Å². The molecule has 2 nitrogen and oxygen atoms in total. The average molecular weight is 211 g/mol. The summed E-state index contributed by atoms with van der Waals surface area (Å²) in [5.74, 6) is 0.0666.